The molecule has 0 unspecified atom stereocenters. The van der Waals surface area contributed by atoms with Crippen LogP contribution in [0.5, 0.6) is 0 Å². The molecule has 0 aliphatic carbocycles. The van der Waals surface area contributed by atoms with E-state index in [4.69, 9.17) is 10.2 Å². The number of aliphatic carboxylic acids is 3. The first-order chi connectivity index (χ1) is 7.41. The Morgan fingerprint density at radius 1 is 1.12 bits per heavy atom. The molecule has 1 radical (unpaired) electrons. The van der Waals surface area contributed by atoms with Gasteiger partial charge in [0.2, 0.25) is 0 Å². The Balaban J connectivity index is 0. The van der Waals surface area contributed by atoms with Crippen LogP contribution in [0.15, 0.2) is 0 Å². The summed E-state index contributed by atoms with van der Waals surface area (Å²) < 4.78 is 0. The van der Waals surface area contributed by atoms with Gasteiger partial charge in [-0.05, 0) is 0 Å². The van der Waals surface area contributed by atoms with E-state index in [1.807, 2.05) is 0 Å². The standard InChI is InChI=1S/C8H14N2O6.Gd/c11-6(12)3-9-1-2-10(4-7(13)14)5-8(15)16;/h9H,1-5H2,(H,11,12)(H,13,14)(H,15,16);/q;+3/p-1. The number of rotatable bonds is 9. The maximum absolute atomic E-state index is 10.4. The number of nitrogens with zero attached hydrogens (tertiary/aromatic N) is 1. The minimum Gasteiger partial charge on any atom is -0.549 e. The van der Waals surface area contributed by atoms with E-state index in [1.54, 1.807) is 0 Å². The summed E-state index contributed by atoms with van der Waals surface area (Å²) in [5.41, 5.74) is 0. The number of hydrogen-bond donors (Lipinski definition) is 3. The molecule has 9 heteroatoms. The van der Waals surface area contributed by atoms with Crippen molar-refractivity contribution in [1.29, 1.82) is 0 Å². The first-order valence-corrected chi connectivity index (χ1v) is 4.48. The first-order valence-electron chi connectivity index (χ1n) is 4.48. The van der Waals surface area contributed by atoms with Crippen LogP contribution in [0.2, 0.25) is 0 Å². The zero-order valence-electron chi connectivity index (χ0n) is 8.86. The van der Waals surface area contributed by atoms with Gasteiger partial charge in [0.25, 0.3) is 0 Å². The summed E-state index contributed by atoms with van der Waals surface area (Å²) in [6.45, 7) is -0.879. The fraction of sp³-hybridized carbons (Fsp3) is 0.625. The molecular weight excluding hydrogens is 377 g/mol. The molecule has 0 saturated heterocycles. The van der Waals surface area contributed by atoms with E-state index in [9.17, 15) is 19.5 Å². The van der Waals surface area contributed by atoms with Crippen LogP contribution in [0.25, 0.3) is 0 Å². The number of hydrogen-bond acceptors (Lipinski definition) is 6. The molecule has 0 aliphatic heterocycles. The molecule has 0 heterocycles. The number of nitrogens with one attached hydrogen (secondary N) is 1. The van der Waals surface area contributed by atoms with Crippen molar-refractivity contribution in [2.75, 3.05) is 32.7 Å². The smallest absolute Gasteiger partial charge is 0.549 e. The van der Waals surface area contributed by atoms with Gasteiger partial charge in [-0.3, -0.25) is 14.5 Å². The van der Waals surface area contributed by atoms with Crippen LogP contribution in [0.4, 0.5) is 0 Å². The summed E-state index contributed by atoms with van der Waals surface area (Å²) in [6.07, 6.45) is 0. The van der Waals surface area contributed by atoms with Crippen molar-refractivity contribution in [2.45, 2.75) is 0 Å². The van der Waals surface area contributed by atoms with E-state index in [1.165, 1.54) is 0 Å². The number of carboxylic acids is 3. The minimum atomic E-state index is -1.38. The SMILES string of the molecule is O=C([O-])CN(CCNCC(=O)O)CC(=O)O.[Gd+3]. The molecule has 0 aromatic rings. The van der Waals surface area contributed by atoms with Crippen molar-refractivity contribution in [3.8, 4) is 0 Å². The second-order valence-corrected chi connectivity index (χ2v) is 3.05. The summed E-state index contributed by atoms with van der Waals surface area (Å²) in [4.78, 5) is 31.9. The van der Waals surface area contributed by atoms with Crippen LogP contribution in [0.3, 0.4) is 0 Å². The van der Waals surface area contributed by atoms with Gasteiger partial charge < -0.3 is 25.4 Å². The molecule has 0 fully saturated rings. The molecule has 0 rings (SSSR count). The van der Waals surface area contributed by atoms with Gasteiger partial charge in [-0.15, -0.1) is 0 Å². The quantitative estimate of drug-likeness (QED) is 0.351. The Bertz CT molecular complexity index is 257. The van der Waals surface area contributed by atoms with Crippen LogP contribution in [-0.4, -0.2) is 65.7 Å². The van der Waals surface area contributed by atoms with Crippen molar-refractivity contribution >= 4 is 17.9 Å². The molecule has 0 aromatic carbocycles. The third-order valence-corrected chi connectivity index (χ3v) is 1.59. The average molecular weight is 390 g/mol. The van der Waals surface area contributed by atoms with Crippen LogP contribution < -0.4 is 10.4 Å². The molecule has 0 spiro atoms. The van der Waals surface area contributed by atoms with E-state index in [0.29, 0.717) is 0 Å². The molecule has 3 N–H and O–H groups in total. The normalized spacial score (nSPS) is 9.71. The topological polar surface area (TPSA) is 130 Å². The molecule has 17 heavy (non-hydrogen) atoms. The zero-order valence-corrected chi connectivity index (χ0v) is 11.1. The van der Waals surface area contributed by atoms with E-state index >= 15 is 0 Å². The maximum atomic E-state index is 10.4. The molecule has 0 amide bonds. The molecule has 0 bridgehead atoms. The van der Waals surface area contributed by atoms with Crippen molar-refractivity contribution in [1.82, 2.24) is 10.2 Å². The van der Waals surface area contributed by atoms with Crippen LogP contribution in [-0.2, 0) is 14.4 Å². The number of carboxylic acid groups (broad SMARTS) is 3. The van der Waals surface area contributed by atoms with E-state index in [2.05, 4.69) is 5.32 Å². The third-order valence-electron chi connectivity index (χ3n) is 1.59. The Labute approximate surface area is 130 Å². The Morgan fingerprint density at radius 2 is 1.71 bits per heavy atom. The number of carbonyl (C=O) groups is 3. The fourth-order valence-corrected chi connectivity index (χ4v) is 1.02. The summed E-state index contributed by atoms with van der Waals surface area (Å²) in [7, 11) is 0. The van der Waals surface area contributed by atoms with Gasteiger partial charge in [-0.25, -0.2) is 0 Å². The van der Waals surface area contributed by atoms with E-state index in [0.717, 1.165) is 4.90 Å². The monoisotopic (exact) mass is 391 g/mol. The first kappa shape index (κ1) is 19.0. The summed E-state index contributed by atoms with van der Waals surface area (Å²) in [6, 6.07) is 0. The van der Waals surface area contributed by atoms with E-state index in [-0.39, 0.29) is 59.6 Å². The Kier molecular flexibility index (Phi) is 12.1. The number of carbonyl (C=O) groups excluding carboxylic acids is 1. The van der Waals surface area contributed by atoms with Gasteiger partial charge in [0.05, 0.1) is 19.1 Å². The molecule has 0 atom stereocenters. The Morgan fingerprint density at radius 3 is 2.12 bits per heavy atom. The summed E-state index contributed by atoms with van der Waals surface area (Å²) in [5, 5.41) is 29.6. The second-order valence-electron chi connectivity index (χ2n) is 3.05. The van der Waals surface area contributed by atoms with Crippen LogP contribution in [0.1, 0.15) is 0 Å². The zero-order chi connectivity index (χ0) is 12.6. The maximum Gasteiger partial charge on any atom is 3.00 e. The molecule has 0 saturated carbocycles. The molecular formula is C8H13GdN2O6+2. The van der Waals surface area contributed by atoms with Gasteiger partial charge in [-0.2, -0.15) is 0 Å². The van der Waals surface area contributed by atoms with Crippen molar-refractivity contribution in [2.24, 2.45) is 0 Å². The fourth-order valence-electron chi connectivity index (χ4n) is 1.02. The van der Waals surface area contributed by atoms with Crippen molar-refractivity contribution in [3.63, 3.8) is 0 Å². The average Bonchev–Trinajstić information content (AvgIpc) is 2.09. The predicted octanol–water partition coefficient (Wildman–Crippen LogP) is -3.20. The second kappa shape index (κ2) is 10.8. The summed E-state index contributed by atoms with van der Waals surface area (Å²) >= 11 is 0. The van der Waals surface area contributed by atoms with Gasteiger partial charge in [-0.1, -0.05) is 0 Å². The van der Waals surface area contributed by atoms with E-state index < -0.39 is 31.0 Å². The van der Waals surface area contributed by atoms with Crippen molar-refractivity contribution in [3.05, 3.63) is 0 Å². The van der Waals surface area contributed by atoms with Gasteiger partial charge in [0, 0.05) is 19.6 Å². The molecule has 0 aromatic heterocycles. The van der Waals surface area contributed by atoms with Crippen LogP contribution in [0, 0.1) is 39.9 Å². The molecule has 0 aliphatic rings. The molecule has 97 valence electrons. The third kappa shape index (κ3) is 13.6. The minimum absolute atomic E-state index is 0. The molecule has 8 nitrogen and oxygen atoms in total. The van der Waals surface area contributed by atoms with Crippen LogP contribution >= 0.6 is 0 Å². The summed E-state index contributed by atoms with van der Waals surface area (Å²) in [5.74, 6) is -3.57. The van der Waals surface area contributed by atoms with Gasteiger partial charge in [0.15, 0.2) is 0 Å². The largest absolute Gasteiger partial charge is 3.00 e. The predicted molar refractivity (Wildman–Crippen MR) is 49.6 cm³/mol. The van der Waals surface area contributed by atoms with Gasteiger partial charge in [0.1, 0.15) is 0 Å². The van der Waals surface area contributed by atoms with Crippen molar-refractivity contribution < 1.29 is 69.6 Å². The van der Waals surface area contributed by atoms with Gasteiger partial charge >= 0.3 is 51.9 Å². The Hall–Kier alpha value is -0.345.